The van der Waals surface area contributed by atoms with Crippen LogP contribution in [0.15, 0.2) is 18.2 Å². The lowest BCUT2D eigenvalue weighted by atomic mass is 10.1. The Kier molecular flexibility index (Phi) is 3.64. The Bertz CT molecular complexity index is 411. The van der Waals surface area contributed by atoms with Crippen molar-refractivity contribution in [2.45, 2.75) is 19.4 Å². The average Bonchev–Trinajstić information content (AvgIpc) is 2.82. The molecule has 1 aromatic rings. The van der Waals surface area contributed by atoms with Crippen molar-refractivity contribution in [2.75, 3.05) is 25.1 Å². The SMILES string of the molecule is COCc1ccc(N2CCCC2)c(C(=O)O)c1. The number of rotatable bonds is 4. The quantitative estimate of drug-likeness (QED) is 0.868. The molecule has 0 saturated carbocycles. The lowest BCUT2D eigenvalue weighted by Crippen LogP contribution is -2.20. The van der Waals surface area contributed by atoms with Crippen LogP contribution < -0.4 is 4.90 Å². The summed E-state index contributed by atoms with van der Waals surface area (Å²) < 4.78 is 5.02. The monoisotopic (exact) mass is 235 g/mol. The van der Waals surface area contributed by atoms with Crippen LogP contribution in [0, 0.1) is 0 Å². The number of hydrogen-bond donors (Lipinski definition) is 1. The molecule has 4 heteroatoms. The molecule has 1 N–H and O–H groups in total. The summed E-state index contributed by atoms with van der Waals surface area (Å²) in [6.45, 7) is 2.34. The maximum atomic E-state index is 11.3. The van der Waals surface area contributed by atoms with Crippen LogP contribution in [0.25, 0.3) is 0 Å². The van der Waals surface area contributed by atoms with Crippen LogP contribution in [0.2, 0.25) is 0 Å². The van der Waals surface area contributed by atoms with Crippen LogP contribution in [0.1, 0.15) is 28.8 Å². The van der Waals surface area contributed by atoms with Gasteiger partial charge in [-0.15, -0.1) is 0 Å². The fourth-order valence-corrected chi connectivity index (χ4v) is 2.24. The summed E-state index contributed by atoms with van der Waals surface area (Å²) >= 11 is 0. The van der Waals surface area contributed by atoms with Gasteiger partial charge in [0.25, 0.3) is 0 Å². The van der Waals surface area contributed by atoms with E-state index in [1.807, 2.05) is 12.1 Å². The maximum Gasteiger partial charge on any atom is 0.337 e. The number of anilines is 1. The smallest absolute Gasteiger partial charge is 0.337 e. The predicted octanol–water partition coefficient (Wildman–Crippen LogP) is 2.13. The van der Waals surface area contributed by atoms with Gasteiger partial charge in [-0.25, -0.2) is 4.79 Å². The van der Waals surface area contributed by atoms with E-state index in [4.69, 9.17) is 4.74 Å². The lowest BCUT2D eigenvalue weighted by molar-refractivity contribution is 0.0697. The van der Waals surface area contributed by atoms with E-state index in [9.17, 15) is 9.90 Å². The molecule has 2 rings (SSSR count). The Hall–Kier alpha value is -1.55. The van der Waals surface area contributed by atoms with Crippen molar-refractivity contribution >= 4 is 11.7 Å². The summed E-state index contributed by atoms with van der Waals surface area (Å²) in [4.78, 5) is 13.4. The summed E-state index contributed by atoms with van der Waals surface area (Å²) in [6, 6.07) is 5.53. The van der Waals surface area contributed by atoms with Gasteiger partial charge < -0.3 is 14.7 Å². The molecule has 0 unspecified atom stereocenters. The molecule has 0 atom stereocenters. The van der Waals surface area contributed by atoms with Crippen molar-refractivity contribution in [1.82, 2.24) is 0 Å². The molecular weight excluding hydrogens is 218 g/mol. The third kappa shape index (κ3) is 2.58. The topological polar surface area (TPSA) is 49.8 Å². The number of ether oxygens (including phenoxy) is 1. The zero-order chi connectivity index (χ0) is 12.3. The normalized spacial score (nSPS) is 15.2. The second-order valence-corrected chi connectivity index (χ2v) is 4.28. The largest absolute Gasteiger partial charge is 0.478 e. The van der Waals surface area contributed by atoms with Gasteiger partial charge in [0, 0.05) is 20.2 Å². The minimum Gasteiger partial charge on any atom is -0.478 e. The molecular formula is C13H17NO3. The molecule has 1 aromatic carbocycles. The second-order valence-electron chi connectivity index (χ2n) is 4.28. The van der Waals surface area contributed by atoms with E-state index in [2.05, 4.69) is 4.90 Å². The highest BCUT2D eigenvalue weighted by atomic mass is 16.5. The molecule has 1 heterocycles. The molecule has 0 bridgehead atoms. The van der Waals surface area contributed by atoms with Gasteiger partial charge in [0.05, 0.1) is 17.9 Å². The fourth-order valence-electron chi connectivity index (χ4n) is 2.24. The van der Waals surface area contributed by atoms with Crippen molar-refractivity contribution in [3.8, 4) is 0 Å². The number of benzene rings is 1. The average molecular weight is 235 g/mol. The standard InChI is InChI=1S/C13H17NO3/c1-17-9-10-4-5-12(11(8-10)13(15)16)14-6-2-3-7-14/h4-5,8H,2-3,6-7,9H2,1H3,(H,15,16). The Morgan fingerprint density at radius 3 is 2.71 bits per heavy atom. The van der Waals surface area contributed by atoms with Gasteiger partial charge in [0.2, 0.25) is 0 Å². The first-order chi connectivity index (χ1) is 8.22. The van der Waals surface area contributed by atoms with Crippen molar-refractivity contribution < 1.29 is 14.6 Å². The number of carbonyl (C=O) groups is 1. The number of nitrogens with zero attached hydrogens (tertiary/aromatic N) is 1. The molecule has 1 aliphatic rings. The zero-order valence-electron chi connectivity index (χ0n) is 9.98. The van der Waals surface area contributed by atoms with Crippen LogP contribution in [-0.2, 0) is 11.3 Å². The predicted molar refractivity (Wildman–Crippen MR) is 65.6 cm³/mol. The summed E-state index contributed by atoms with van der Waals surface area (Å²) in [5.74, 6) is -0.871. The van der Waals surface area contributed by atoms with Crippen LogP contribution >= 0.6 is 0 Å². The summed E-state index contributed by atoms with van der Waals surface area (Å²) in [6.07, 6.45) is 2.28. The van der Waals surface area contributed by atoms with Crippen molar-refractivity contribution in [3.05, 3.63) is 29.3 Å². The highest BCUT2D eigenvalue weighted by molar-refractivity contribution is 5.94. The van der Waals surface area contributed by atoms with Crippen molar-refractivity contribution in [2.24, 2.45) is 0 Å². The van der Waals surface area contributed by atoms with Crippen LogP contribution in [0.5, 0.6) is 0 Å². The van der Waals surface area contributed by atoms with Gasteiger partial charge in [-0.05, 0) is 30.5 Å². The molecule has 1 fully saturated rings. The van der Waals surface area contributed by atoms with Crippen LogP contribution in [0.3, 0.4) is 0 Å². The molecule has 17 heavy (non-hydrogen) atoms. The van der Waals surface area contributed by atoms with E-state index in [0.717, 1.165) is 37.2 Å². The molecule has 0 aromatic heterocycles. The number of carboxylic acids is 1. The number of methoxy groups -OCH3 is 1. The Morgan fingerprint density at radius 2 is 2.12 bits per heavy atom. The molecule has 1 aliphatic heterocycles. The van der Waals surface area contributed by atoms with E-state index in [-0.39, 0.29) is 0 Å². The van der Waals surface area contributed by atoms with Crippen molar-refractivity contribution in [3.63, 3.8) is 0 Å². The van der Waals surface area contributed by atoms with E-state index >= 15 is 0 Å². The molecule has 92 valence electrons. The summed E-state index contributed by atoms with van der Waals surface area (Å²) in [7, 11) is 1.61. The van der Waals surface area contributed by atoms with Crippen LogP contribution in [-0.4, -0.2) is 31.3 Å². The second kappa shape index (κ2) is 5.19. The van der Waals surface area contributed by atoms with Crippen molar-refractivity contribution in [1.29, 1.82) is 0 Å². The van der Waals surface area contributed by atoms with Gasteiger partial charge in [-0.2, -0.15) is 0 Å². The van der Waals surface area contributed by atoms with Gasteiger partial charge >= 0.3 is 5.97 Å². The van der Waals surface area contributed by atoms with E-state index in [1.165, 1.54) is 0 Å². The highest BCUT2D eigenvalue weighted by Gasteiger charge is 2.19. The minimum absolute atomic E-state index is 0.376. The first-order valence-electron chi connectivity index (χ1n) is 5.82. The first kappa shape index (κ1) is 11.9. The van der Waals surface area contributed by atoms with Gasteiger partial charge in [-0.1, -0.05) is 6.07 Å². The van der Waals surface area contributed by atoms with Gasteiger partial charge in [0.1, 0.15) is 0 Å². The fraction of sp³-hybridized carbons (Fsp3) is 0.462. The lowest BCUT2D eigenvalue weighted by Gasteiger charge is -2.20. The number of carboxylic acid groups (broad SMARTS) is 1. The molecule has 0 amide bonds. The zero-order valence-corrected chi connectivity index (χ0v) is 9.98. The molecule has 4 nitrogen and oxygen atoms in total. The Morgan fingerprint density at radius 1 is 1.41 bits per heavy atom. The Balaban J connectivity index is 2.33. The van der Waals surface area contributed by atoms with Gasteiger partial charge in [-0.3, -0.25) is 0 Å². The number of aromatic carboxylic acids is 1. The summed E-state index contributed by atoms with van der Waals surface area (Å²) in [5, 5.41) is 9.25. The minimum atomic E-state index is -0.871. The molecule has 1 saturated heterocycles. The molecule has 0 radical (unpaired) electrons. The van der Waals surface area contributed by atoms with E-state index < -0.39 is 5.97 Å². The maximum absolute atomic E-state index is 11.3. The van der Waals surface area contributed by atoms with E-state index in [1.54, 1.807) is 13.2 Å². The van der Waals surface area contributed by atoms with Crippen LogP contribution in [0.4, 0.5) is 5.69 Å². The van der Waals surface area contributed by atoms with Gasteiger partial charge in [0.15, 0.2) is 0 Å². The third-order valence-corrected chi connectivity index (χ3v) is 3.05. The molecule has 0 spiro atoms. The van der Waals surface area contributed by atoms with E-state index in [0.29, 0.717) is 12.2 Å². The third-order valence-electron chi connectivity index (χ3n) is 3.05. The first-order valence-corrected chi connectivity index (χ1v) is 5.82. The Labute approximate surface area is 101 Å². The highest BCUT2D eigenvalue weighted by Crippen LogP contribution is 2.26. The summed E-state index contributed by atoms with van der Waals surface area (Å²) in [5.41, 5.74) is 2.10. The number of hydrogen-bond acceptors (Lipinski definition) is 3. The molecule has 0 aliphatic carbocycles.